The van der Waals surface area contributed by atoms with Crippen LogP contribution in [0.15, 0.2) is 67.3 Å². The van der Waals surface area contributed by atoms with Crippen LogP contribution in [-0.4, -0.2) is 91.4 Å². The van der Waals surface area contributed by atoms with Gasteiger partial charge < -0.3 is 29.7 Å². The smallest absolute Gasteiger partial charge is 0.407 e. The van der Waals surface area contributed by atoms with Gasteiger partial charge in [0.1, 0.15) is 35.2 Å². The first kappa shape index (κ1) is 42.3. The molecule has 1 saturated heterocycles. The first-order chi connectivity index (χ1) is 29.2. The molecule has 15 heteroatoms. The number of nitrogens with one attached hydrogen (secondary N) is 3. The van der Waals surface area contributed by atoms with Crippen LogP contribution in [-0.2, 0) is 29.1 Å². The Kier molecular flexibility index (Phi) is 11.6. The van der Waals surface area contributed by atoms with E-state index in [9.17, 15) is 27.6 Å². The molecule has 3 aromatic rings. The lowest BCUT2D eigenvalue weighted by Gasteiger charge is -2.32. The molecule has 1 aromatic heterocycles. The predicted molar refractivity (Wildman–Crippen MR) is 230 cm³/mol. The number of fused-ring (bicyclic) bond motifs is 3. The van der Waals surface area contributed by atoms with Crippen molar-refractivity contribution in [3.63, 3.8) is 0 Å². The van der Waals surface area contributed by atoms with Crippen LogP contribution < -0.4 is 24.8 Å². The average molecular weight is 854 g/mol. The molecule has 3 heterocycles. The van der Waals surface area contributed by atoms with Crippen LogP contribution in [0.1, 0.15) is 83.6 Å². The zero-order valence-corrected chi connectivity index (χ0v) is 35.8. The van der Waals surface area contributed by atoms with Gasteiger partial charge in [-0.25, -0.2) is 18.2 Å². The molecule has 5 aliphatic rings. The highest BCUT2D eigenvalue weighted by atomic mass is 32.2. The Hall–Kier alpha value is -5.44. The number of pyridine rings is 1. The van der Waals surface area contributed by atoms with Crippen molar-refractivity contribution in [2.45, 2.75) is 107 Å². The Morgan fingerprint density at radius 3 is 2.51 bits per heavy atom. The van der Waals surface area contributed by atoms with Crippen molar-refractivity contribution in [2.75, 3.05) is 20.3 Å². The van der Waals surface area contributed by atoms with Crippen LogP contribution in [0.4, 0.5) is 4.79 Å². The lowest BCUT2D eigenvalue weighted by Crippen LogP contribution is -2.59. The van der Waals surface area contributed by atoms with Crippen molar-refractivity contribution in [3.05, 3.63) is 72.8 Å². The van der Waals surface area contributed by atoms with Crippen LogP contribution in [0.25, 0.3) is 28.2 Å². The second kappa shape index (κ2) is 16.8. The number of nitrogens with zero attached hydrogens (tertiary/aromatic N) is 2. The summed E-state index contributed by atoms with van der Waals surface area (Å²) < 4.78 is 46.4. The van der Waals surface area contributed by atoms with Crippen LogP contribution in [0.5, 0.6) is 11.5 Å². The van der Waals surface area contributed by atoms with Gasteiger partial charge in [0.2, 0.25) is 21.8 Å². The highest BCUT2D eigenvalue weighted by Gasteiger charge is 2.62. The summed E-state index contributed by atoms with van der Waals surface area (Å²) in [5.74, 6) is -1.54. The average Bonchev–Trinajstić information content (AvgIpc) is 4.12. The molecular weight excluding hydrogens is 799 g/mol. The molecule has 4 amide bonds. The number of alkyl carbamates (subject to hydrolysis) is 1. The van der Waals surface area contributed by atoms with Crippen LogP contribution >= 0.6 is 0 Å². The second-order valence-corrected chi connectivity index (χ2v) is 20.0. The van der Waals surface area contributed by atoms with E-state index in [0.29, 0.717) is 66.6 Å². The maximum absolute atomic E-state index is 15.0. The van der Waals surface area contributed by atoms with Crippen molar-refractivity contribution in [2.24, 2.45) is 17.3 Å². The summed E-state index contributed by atoms with van der Waals surface area (Å²) in [4.78, 5) is 63.3. The van der Waals surface area contributed by atoms with Gasteiger partial charge in [0, 0.05) is 41.0 Å². The summed E-state index contributed by atoms with van der Waals surface area (Å²) in [7, 11) is -2.31. The van der Waals surface area contributed by atoms with Crippen LogP contribution in [0.3, 0.4) is 0 Å². The van der Waals surface area contributed by atoms with Crippen molar-refractivity contribution < 1.29 is 41.8 Å². The summed E-state index contributed by atoms with van der Waals surface area (Å²) in [6.07, 6.45) is 9.83. The van der Waals surface area contributed by atoms with Crippen LogP contribution in [0, 0.1) is 17.3 Å². The number of methoxy groups -OCH3 is 1. The van der Waals surface area contributed by atoms with Gasteiger partial charge in [-0.1, -0.05) is 75.2 Å². The molecule has 4 fully saturated rings. The molecule has 5 atom stereocenters. The minimum absolute atomic E-state index is 0.0164. The standard InChI is InChI=1S/C46H55N5O9S/c1-5-31-25-46(31,43(54)50-61(56,57)33-18-19-33)49-41(52)37-22-32-26-51(37)42(53)40(29-15-9-10-16-29)48-44(55)59-27-45(2,3)20-12-11-17-30-21-34-36(24-38(30)58-4)47-35(23-39(34)60-32)28-13-7-6-8-14-28/h5-8,11,13-14,17,21,23-24,29,31-33,37,40H,1,9-10,12,15-16,18-20,22,25-27H2,2-4H3,(H,48,55)(H,49,52)(H,50,54)/t31-,32-,37+,40+,46-/m1/s1. The summed E-state index contributed by atoms with van der Waals surface area (Å²) in [6, 6.07) is 13.3. The van der Waals surface area contributed by atoms with E-state index in [2.05, 4.69) is 28.0 Å². The third kappa shape index (κ3) is 8.98. The van der Waals surface area contributed by atoms with Gasteiger partial charge >= 0.3 is 6.09 Å². The zero-order valence-electron chi connectivity index (χ0n) is 35.0. The monoisotopic (exact) mass is 853 g/mol. The Labute approximate surface area is 356 Å². The van der Waals surface area contributed by atoms with E-state index in [1.54, 1.807) is 7.11 Å². The summed E-state index contributed by atoms with van der Waals surface area (Å²) in [6.45, 7) is 7.97. The highest BCUT2D eigenvalue weighted by Crippen LogP contribution is 2.46. The number of carbonyl (C=O) groups is 4. The first-order valence-electron chi connectivity index (χ1n) is 21.4. The molecule has 0 unspecified atom stereocenters. The van der Waals surface area contributed by atoms with E-state index in [1.807, 2.05) is 68.5 Å². The SMILES string of the molecule is C=C[C@@H]1C[C@]1(NC(=O)[C@@H]1C[C@@H]2CN1C(=O)[C@H](C1CCCC1)NC(=O)OCC(C)(C)CCC=Cc1cc3c(cc(-c4ccccc4)nc3cc1OC)O2)C(=O)NS(=O)(=O)C1CC1. The number of sulfonamides is 1. The molecule has 0 radical (unpaired) electrons. The number of carbonyl (C=O) groups excluding carboxylic acids is 4. The van der Waals surface area contributed by atoms with Crippen molar-refractivity contribution in [3.8, 4) is 22.8 Å². The number of cyclic esters (lactones) is 1. The first-order valence-corrected chi connectivity index (χ1v) is 22.9. The molecule has 3 N–H and O–H groups in total. The molecular formula is C46H55N5O9S. The van der Waals surface area contributed by atoms with Crippen molar-refractivity contribution in [1.82, 2.24) is 25.2 Å². The highest BCUT2D eigenvalue weighted by molar-refractivity contribution is 7.91. The van der Waals surface area contributed by atoms with E-state index in [1.165, 1.54) is 11.0 Å². The second-order valence-electron chi connectivity index (χ2n) is 18.0. The Bertz CT molecular complexity index is 2360. The zero-order chi connectivity index (χ0) is 43.1. The van der Waals surface area contributed by atoms with E-state index < -0.39 is 68.7 Å². The number of aromatic nitrogens is 1. The number of ether oxygens (including phenoxy) is 3. The van der Waals surface area contributed by atoms with E-state index in [-0.39, 0.29) is 37.3 Å². The third-order valence-corrected chi connectivity index (χ3v) is 14.7. The van der Waals surface area contributed by atoms with Crippen molar-refractivity contribution in [1.29, 1.82) is 0 Å². The molecule has 14 nitrogen and oxygen atoms in total. The predicted octanol–water partition coefficient (Wildman–Crippen LogP) is 6.05. The summed E-state index contributed by atoms with van der Waals surface area (Å²) in [5.41, 5.74) is 0.981. The topological polar surface area (TPSA) is 182 Å². The maximum atomic E-state index is 15.0. The van der Waals surface area contributed by atoms with Gasteiger partial charge in [-0.05, 0) is 62.3 Å². The fraction of sp³-hybridized carbons (Fsp3) is 0.500. The molecule has 61 heavy (non-hydrogen) atoms. The van der Waals surface area contributed by atoms with Gasteiger partial charge in [-0.3, -0.25) is 19.1 Å². The third-order valence-electron chi connectivity index (χ3n) is 12.9. The van der Waals surface area contributed by atoms with Gasteiger partial charge in [0.25, 0.3) is 5.91 Å². The number of hydrogen-bond donors (Lipinski definition) is 3. The lowest BCUT2D eigenvalue weighted by molar-refractivity contribution is -0.142. The maximum Gasteiger partial charge on any atom is 0.407 e. The largest absolute Gasteiger partial charge is 0.496 e. The molecule has 2 aliphatic heterocycles. The molecule has 0 spiro atoms. The Balaban J connectivity index is 1.19. The number of amides is 4. The van der Waals surface area contributed by atoms with Gasteiger partial charge in [-0.15, -0.1) is 6.58 Å². The van der Waals surface area contributed by atoms with E-state index in [4.69, 9.17) is 19.2 Å². The normalized spacial score (nSPS) is 26.9. The number of hydrogen-bond acceptors (Lipinski definition) is 10. The summed E-state index contributed by atoms with van der Waals surface area (Å²) in [5, 5.41) is 5.82. The number of benzene rings is 2. The molecule has 324 valence electrons. The minimum Gasteiger partial charge on any atom is -0.496 e. The lowest BCUT2D eigenvalue weighted by atomic mass is 9.88. The molecule has 3 aliphatic carbocycles. The molecule has 4 bridgehead atoms. The molecule has 3 saturated carbocycles. The van der Waals surface area contributed by atoms with Crippen molar-refractivity contribution >= 4 is 50.8 Å². The fourth-order valence-electron chi connectivity index (χ4n) is 9.01. The van der Waals surface area contributed by atoms with Gasteiger partial charge in [0.05, 0.1) is 36.7 Å². The Morgan fingerprint density at radius 2 is 1.82 bits per heavy atom. The number of allylic oxidation sites excluding steroid dienone is 1. The number of rotatable bonds is 9. The molecule has 2 aromatic carbocycles. The van der Waals surface area contributed by atoms with E-state index >= 15 is 0 Å². The van der Waals surface area contributed by atoms with E-state index in [0.717, 1.165) is 24.0 Å². The van der Waals surface area contributed by atoms with Gasteiger partial charge in [0.15, 0.2) is 0 Å². The molecule has 8 rings (SSSR count). The van der Waals surface area contributed by atoms with Crippen LogP contribution in [0.2, 0.25) is 0 Å². The quantitative estimate of drug-likeness (QED) is 0.215. The minimum atomic E-state index is -3.92. The fourth-order valence-corrected chi connectivity index (χ4v) is 10.4. The van der Waals surface area contributed by atoms with Gasteiger partial charge in [-0.2, -0.15) is 0 Å². The Morgan fingerprint density at radius 1 is 1.07 bits per heavy atom. The summed E-state index contributed by atoms with van der Waals surface area (Å²) >= 11 is 0.